The average molecular weight is 237 g/mol. The number of rotatable bonds is 2. The van der Waals surface area contributed by atoms with Crippen LogP contribution >= 0.6 is 0 Å². The van der Waals surface area contributed by atoms with Gasteiger partial charge in [0.2, 0.25) is 0 Å². The lowest BCUT2D eigenvalue weighted by Gasteiger charge is -2.17. The molecule has 0 aromatic heterocycles. The smallest absolute Gasteiger partial charge is 0.210 e. The molecule has 0 saturated carbocycles. The molecule has 2 rings (SSSR count). The Labute approximate surface area is 94.1 Å². The number of benzene rings is 1. The second kappa shape index (κ2) is 4.20. The maximum Gasteiger partial charge on any atom is 0.292 e. The summed E-state index contributed by atoms with van der Waals surface area (Å²) in [4.78, 5) is 10.3. The lowest BCUT2D eigenvalue weighted by atomic mass is 9.92. The first kappa shape index (κ1) is 11.0. The van der Waals surface area contributed by atoms with E-state index in [-0.39, 0.29) is 4.90 Å². The maximum absolute atomic E-state index is 11.7. The number of hydrogen-bond acceptors (Lipinski definition) is 3. The van der Waals surface area contributed by atoms with Crippen molar-refractivity contribution >= 4 is 16.1 Å². The van der Waals surface area contributed by atoms with Crippen LogP contribution in [0.15, 0.2) is 27.5 Å². The summed E-state index contributed by atoms with van der Waals surface area (Å²) in [6.45, 7) is 0. The van der Waals surface area contributed by atoms with Gasteiger partial charge in [-0.2, -0.15) is 8.42 Å². The minimum atomic E-state index is -3.85. The Bertz CT molecular complexity index is 557. The van der Waals surface area contributed by atoms with E-state index in [2.05, 4.69) is 4.40 Å². The van der Waals surface area contributed by atoms with E-state index in [1.807, 2.05) is 6.07 Å². The molecule has 0 N–H and O–H groups in total. The third-order valence-corrected chi connectivity index (χ3v) is 4.04. The molecule has 1 aromatic carbocycles. The van der Waals surface area contributed by atoms with Gasteiger partial charge in [0.15, 0.2) is 0 Å². The second-order valence-corrected chi connectivity index (χ2v) is 5.33. The van der Waals surface area contributed by atoms with Gasteiger partial charge in [-0.25, -0.2) is 4.79 Å². The van der Waals surface area contributed by atoms with Gasteiger partial charge in [0.1, 0.15) is 0 Å². The van der Waals surface area contributed by atoms with Crippen LogP contribution in [0.1, 0.15) is 24.0 Å². The molecule has 84 valence electrons. The van der Waals surface area contributed by atoms with Gasteiger partial charge < -0.3 is 0 Å². The highest BCUT2D eigenvalue weighted by atomic mass is 32.2. The Morgan fingerprint density at radius 2 is 1.94 bits per heavy atom. The zero-order chi connectivity index (χ0) is 11.6. The molecule has 0 saturated heterocycles. The van der Waals surface area contributed by atoms with Crippen LogP contribution in [0.2, 0.25) is 0 Å². The van der Waals surface area contributed by atoms with Gasteiger partial charge in [-0.15, -0.1) is 0 Å². The Kier molecular flexibility index (Phi) is 2.90. The molecule has 0 amide bonds. The molecule has 0 heterocycles. The number of aryl methyl sites for hydroxylation is 1. The Balaban J connectivity index is 2.62. The Morgan fingerprint density at radius 3 is 2.69 bits per heavy atom. The molecule has 1 aliphatic carbocycles. The van der Waals surface area contributed by atoms with Gasteiger partial charge in [0, 0.05) is 0 Å². The third kappa shape index (κ3) is 1.92. The van der Waals surface area contributed by atoms with Crippen LogP contribution in [0.5, 0.6) is 0 Å². The molecule has 0 bridgehead atoms. The highest BCUT2D eigenvalue weighted by Crippen LogP contribution is 2.28. The fourth-order valence-electron chi connectivity index (χ4n) is 2.09. The normalized spacial score (nSPS) is 15.0. The molecule has 0 unspecified atom stereocenters. The van der Waals surface area contributed by atoms with Gasteiger partial charge in [0.25, 0.3) is 16.1 Å². The molecule has 0 aliphatic heterocycles. The molecule has 1 aliphatic rings. The summed E-state index contributed by atoms with van der Waals surface area (Å²) in [6, 6.07) is 5.12. The number of sulfonamides is 1. The fraction of sp³-hybridized carbons (Fsp3) is 0.364. The van der Waals surface area contributed by atoms with Gasteiger partial charge >= 0.3 is 0 Å². The summed E-state index contributed by atoms with van der Waals surface area (Å²) < 4.78 is 26.3. The van der Waals surface area contributed by atoms with Crippen molar-refractivity contribution in [2.75, 3.05) is 0 Å². The lowest BCUT2D eigenvalue weighted by Crippen LogP contribution is -2.09. The summed E-state index contributed by atoms with van der Waals surface area (Å²) in [5, 5.41) is 0. The topological polar surface area (TPSA) is 63.6 Å². The van der Waals surface area contributed by atoms with E-state index in [4.69, 9.17) is 0 Å². The van der Waals surface area contributed by atoms with E-state index in [0.717, 1.165) is 42.9 Å². The Hall–Kier alpha value is -1.45. The lowest BCUT2D eigenvalue weighted by molar-refractivity contribution is 0.563. The average Bonchev–Trinajstić information content (AvgIpc) is 2.28. The molecule has 0 radical (unpaired) electrons. The molecule has 0 fully saturated rings. The van der Waals surface area contributed by atoms with Crippen molar-refractivity contribution < 1.29 is 13.2 Å². The molecule has 5 heteroatoms. The van der Waals surface area contributed by atoms with E-state index >= 15 is 0 Å². The minimum Gasteiger partial charge on any atom is -0.210 e. The maximum atomic E-state index is 11.7. The fourth-order valence-corrected chi connectivity index (χ4v) is 3.08. The van der Waals surface area contributed by atoms with E-state index in [9.17, 15) is 13.2 Å². The molecular formula is C11H11NO3S. The van der Waals surface area contributed by atoms with Crippen molar-refractivity contribution in [3.8, 4) is 0 Å². The van der Waals surface area contributed by atoms with Gasteiger partial charge in [0.05, 0.1) is 4.90 Å². The van der Waals surface area contributed by atoms with Crippen molar-refractivity contribution in [1.29, 1.82) is 0 Å². The standard InChI is InChI=1S/C11H11NO3S/c13-8-12-16(14,15)11-7-3-5-9-4-1-2-6-10(9)11/h3,5,7H,1-2,4,6H2. The van der Waals surface area contributed by atoms with E-state index in [1.54, 1.807) is 6.07 Å². The number of fused-ring (bicyclic) bond motifs is 1. The van der Waals surface area contributed by atoms with Gasteiger partial charge in [-0.05, 0) is 42.9 Å². The van der Waals surface area contributed by atoms with Crippen molar-refractivity contribution in [2.45, 2.75) is 30.6 Å². The predicted molar refractivity (Wildman–Crippen MR) is 58.4 cm³/mol. The quantitative estimate of drug-likeness (QED) is 0.579. The van der Waals surface area contributed by atoms with Crippen LogP contribution in [0, 0.1) is 0 Å². The first-order valence-electron chi connectivity index (χ1n) is 5.10. The summed E-state index contributed by atoms with van der Waals surface area (Å²) >= 11 is 0. The highest BCUT2D eigenvalue weighted by Gasteiger charge is 2.21. The van der Waals surface area contributed by atoms with Crippen molar-refractivity contribution in [2.24, 2.45) is 4.40 Å². The second-order valence-electron chi connectivity index (χ2n) is 3.76. The van der Waals surface area contributed by atoms with Crippen LogP contribution in [0.3, 0.4) is 0 Å². The zero-order valence-electron chi connectivity index (χ0n) is 8.64. The highest BCUT2D eigenvalue weighted by molar-refractivity contribution is 7.90. The molecule has 4 nitrogen and oxygen atoms in total. The summed E-state index contributed by atoms with van der Waals surface area (Å²) in [7, 11) is -3.85. The van der Waals surface area contributed by atoms with Crippen LogP contribution in [-0.4, -0.2) is 14.5 Å². The van der Waals surface area contributed by atoms with E-state index in [1.165, 1.54) is 6.07 Å². The van der Waals surface area contributed by atoms with Crippen LogP contribution in [0.25, 0.3) is 0 Å². The summed E-state index contributed by atoms with van der Waals surface area (Å²) in [6.07, 6.45) is 4.78. The van der Waals surface area contributed by atoms with Crippen LogP contribution in [-0.2, 0) is 27.7 Å². The van der Waals surface area contributed by atoms with E-state index in [0.29, 0.717) is 0 Å². The number of carbonyl (C=O) groups excluding carboxylic acids is 1. The van der Waals surface area contributed by atoms with Crippen molar-refractivity contribution in [3.63, 3.8) is 0 Å². The SMILES string of the molecule is O=C=NS(=O)(=O)c1cccc2c1CCCC2. The van der Waals surface area contributed by atoms with Crippen molar-refractivity contribution in [1.82, 2.24) is 0 Å². The summed E-state index contributed by atoms with van der Waals surface area (Å²) in [5.41, 5.74) is 1.86. The number of hydrogen-bond donors (Lipinski definition) is 0. The number of isocyanates is 1. The third-order valence-electron chi connectivity index (χ3n) is 2.79. The van der Waals surface area contributed by atoms with Crippen molar-refractivity contribution in [3.05, 3.63) is 29.3 Å². The van der Waals surface area contributed by atoms with Gasteiger partial charge in [-0.3, -0.25) is 0 Å². The molecule has 0 atom stereocenters. The summed E-state index contributed by atoms with van der Waals surface area (Å²) in [5.74, 6) is 0. The van der Waals surface area contributed by atoms with Gasteiger partial charge in [-0.1, -0.05) is 16.5 Å². The molecule has 1 aromatic rings. The monoisotopic (exact) mass is 237 g/mol. The zero-order valence-corrected chi connectivity index (χ0v) is 9.46. The number of nitrogens with zero attached hydrogens (tertiary/aromatic N) is 1. The van der Waals surface area contributed by atoms with E-state index < -0.39 is 10.0 Å². The molecule has 16 heavy (non-hydrogen) atoms. The predicted octanol–water partition coefficient (Wildman–Crippen LogP) is 1.59. The van der Waals surface area contributed by atoms with Crippen LogP contribution in [0.4, 0.5) is 0 Å². The first-order valence-corrected chi connectivity index (χ1v) is 6.54. The molecule has 0 spiro atoms. The minimum absolute atomic E-state index is 0.160. The Morgan fingerprint density at radius 1 is 1.19 bits per heavy atom. The largest absolute Gasteiger partial charge is 0.292 e. The first-order chi connectivity index (χ1) is 7.65. The van der Waals surface area contributed by atoms with Crippen LogP contribution < -0.4 is 0 Å². The molecular weight excluding hydrogens is 226 g/mol.